The minimum Gasteiger partial charge on any atom is -0.876 e. The molecular formula is C15H21O6Ti-. The van der Waals surface area contributed by atoms with Gasteiger partial charge >= 0.3 is 21.7 Å². The van der Waals surface area contributed by atoms with Crippen LogP contribution >= 0.6 is 0 Å². The Hall–Kier alpha value is -1.66. The molecule has 0 spiro atoms. The van der Waals surface area contributed by atoms with E-state index in [0.29, 0.717) is 0 Å². The molecule has 0 aromatic rings. The fourth-order valence-corrected chi connectivity index (χ4v) is 0.859. The Balaban J connectivity index is -0.000000108. The van der Waals surface area contributed by atoms with E-state index in [1.54, 1.807) is 0 Å². The molecule has 0 saturated carbocycles. The number of allylic oxidation sites excluding steroid dienone is 6. The molecule has 0 fully saturated rings. The predicted octanol–water partition coefficient (Wildman–Crippen LogP) is -0.484. The predicted molar refractivity (Wildman–Crippen MR) is 73.3 cm³/mol. The Bertz CT molecular complexity index is 368. The second kappa shape index (κ2) is 17.4. The van der Waals surface area contributed by atoms with Crippen LogP contribution in [0.1, 0.15) is 41.5 Å². The summed E-state index contributed by atoms with van der Waals surface area (Å²) in [7, 11) is 0. The number of hydrogen-bond acceptors (Lipinski definition) is 6. The van der Waals surface area contributed by atoms with E-state index in [9.17, 15) is 29.7 Å². The number of hydrogen-bond donors (Lipinski definition) is 0. The number of rotatable bonds is 3. The van der Waals surface area contributed by atoms with Crippen molar-refractivity contribution in [2.24, 2.45) is 0 Å². The molecule has 6 nitrogen and oxygen atoms in total. The van der Waals surface area contributed by atoms with Gasteiger partial charge in [0.1, 0.15) is 0 Å². The van der Waals surface area contributed by atoms with Gasteiger partial charge in [-0.15, -0.1) is 17.3 Å². The van der Waals surface area contributed by atoms with E-state index in [4.69, 9.17) is 0 Å². The van der Waals surface area contributed by atoms with Gasteiger partial charge in [0.15, 0.2) is 17.3 Å². The molecule has 22 heavy (non-hydrogen) atoms. The normalized spacial score (nSPS) is 10.9. The molecule has 122 valence electrons. The van der Waals surface area contributed by atoms with Gasteiger partial charge in [0.2, 0.25) is 0 Å². The average Bonchev–Trinajstić information content (AvgIpc) is 2.10. The van der Waals surface area contributed by atoms with E-state index in [-0.39, 0.29) is 56.3 Å². The molecule has 0 saturated heterocycles. The van der Waals surface area contributed by atoms with Crippen LogP contribution in [0.15, 0.2) is 35.5 Å². The quantitative estimate of drug-likeness (QED) is 0.387. The van der Waals surface area contributed by atoms with Crippen molar-refractivity contribution < 1.29 is 51.4 Å². The van der Waals surface area contributed by atoms with Gasteiger partial charge in [-0.25, -0.2) is 0 Å². The second-order valence-electron chi connectivity index (χ2n) is 4.10. The maximum atomic E-state index is 9.98. The number of ketones is 3. The zero-order chi connectivity index (χ0) is 17.6. The van der Waals surface area contributed by atoms with Crippen molar-refractivity contribution in [3.05, 3.63) is 35.5 Å². The Morgan fingerprint density at radius 2 is 0.682 bits per heavy atom. The summed E-state index contributed by atoms with van der Waals surface area (Å²) < 4.78 is 0. The zero-order valence-corrected chi connectivity index (χ0v) is 15.2. The maximum Gasteiger partial charge on any atom is 2.00 e. The summed E-state index contributed by atoms with van der Waals surface area (Å²) in [6.07, 6.45) is 3.17. The summed E-state index contributed by atoms with van der Waals surface area (Å²) in [6, 6.07) is 0. The summed E-state index contributed by atoms with van der Waals surface area (Å²) in [5, 5.41) is 29.9. The molecule has 0 bridgehead atoms. The summed E-state index contributed by atoms with van der Waals surface area (Å²) in [5.74, 6) is -1.12. The average molecular weight is 345 g/mol. The van der Waals surface area contributed by atoms with Crippen LogP contribution < -0.4 is 15.3 Å². The van der Waals surface area contributed by atoms with Gasteiger partial charge in [0.05, 0.1) is 0 Å². The van der Waals surface area contributed by atoms with Gasteiger partial charge in [0.25, 0.3) is 0 Å². The Morgan fingerprint density at radius 1 is 0.545 bits per heavy atom. The van der Waals surface area contributed by atoms with Crippen LogP contribution in [0.5, 0.6) is 0 Å². The van der Waals surface area contributed by atoms with Gasteiger partial charge in [-0.2, -0.15) is 0 Å². The standard InChI is InChI=1S/3C5H8O2.Ti/c3*1-4(6)3-5(2)7;/h3*3,6H,1-2H3;/q;;;+2/p-3/b3*4-3-;. The van der Waals surface area contributed by atoms with Crippen LogP contribution in [0, 0.1) is 0 Å². The maximum absolute atomic E-state index is 9.98. The van der Waals surface area contributed by atoms with E-state index in [2.05, 4.69) is 0 Å². The third kappa shape index (κ3) is 51.6. The largest absolute Gasteiger partial charge is 2.00 e. The zero-order valence-electron chi connectivity index (χ0n) is 13.7. The molecule has 0 aliphatic carbocycles. The molecule has 0 rings (SSSR count). The van der Waals surface area contributed by atoms with Crippen molar-refractivity contribution >= 4 is 17.3 Å². The summed E-state index contributed by atoms with van der Waals surface area (Å²) in [4.78, 5) is 29.9. The second-order valence-corrected chi connectivity index (χ2v) is 4.10. The van der Waals surface area contributed by atoms with Crippen molar-refractivity contribution in [2.45, 2.75) is 41.5 Å². The van der Waals surface area contributed by atoms with Gasteiger partial charge in [-0.3, -0.25) is 14.4 Å². The summed E-state index contributed by atoms with van der Waals surface area (Å²) in [5.41, 5.74) is 0. The van der Waals surface area contributed by atoms with Crippen molar-refractivity contribution in [1.82, 2.24) is 0 Å². The van der Waals surface area contributed by atoms with Crippen LogP contribution in [0.3, 0.4) is 0 Å². The fraction of sp³-hybridized carbons (Fsp3) is 0.400. The number of carbonyl (C=O) groups excluding carboxylic acids is 3. The first kappa shape index (κ1) is 28.5. The van der Waals surface area contributed by atoms with Crippen molar-refractivity contribution in [1.29, 1.82) is 0 Å². The van der Waals surface area contributed by atoms with Crippen molar-refractivity contribution in [3.63, 3.8) is 0 Å². The molecule has 0 atom stereocenters. The molecule has 0 amide bonds. The van der Waals surface area contributed by atoms with Crippen LogP contribution in [-0.4, -0.2) is 17.3 Å². The molecule has 0 radical (unpaired) electrons. The van der Waals surface area contributed by atoms with Gasteiger partial charge in [-0.05, 0) is 39.0 Å². The first-order valence-corrected chi connectivity index (χ1v) is 5.96. The molecule has 0 aromatic heterocycles. The molecule has 0 unspecified atom stereocenters. The molecule has 0 N–H and O–H groups in total. The number of carbonyl (C=O) groups is 3. The Kier molecular flexibility index (Phi) is 22.5. The van der Waals surface area contributed by atoms with Crippen molar-refractivity contribution in [3.8, 4) is 0 Å². The summed E-state index contributed by atoms with van der Waals surface area (Å²) in [6.45, 7) is 8.09. The smallest absolute Gasteiger partial charge is 0.876 e. The fourth-order valence-electron chi connectivity index (χ4n) is 0.859. The van der Waals surface area contributed by atoms with Crippen LogP contribution in [0.25, 0.3) is 0 Å². The first-order chi connectivity index (χ1) is 9.38. The molecule has 0 aliphatic rings. The monoisotopic (exact) mass is 345 g/mol. The van der Waals surface area contributed by atoms with E-state index in [1.807, 2.05) is 0 Å². The van der Waals surface area contributed by atoms with E-state index >= 15 is 0 Å². The minimum atomic E-state index is -0.187. The van der Waals surface area contributed by atoms with E-state index in [0.717, 1.165) is 18.2 Å². The molecule has 7 heteroatoms. The van der Waals surface area contributed by atoms with Gasteiger partial charge < -0.3 is 15.3 Å². The van der Waals surface area contributed by atoms with Crippen molar-refractivity contribution in [2.75, 3.05) is 0 Å². The topological polar surface area (TPSA) is 120 Å². The third-order valence-electron chi connectivity index (χ3n) is 1.22. The molecular weight excluding hydrogens is 324 g/mol. The molecule has 0 heterocycles. The first-order valence-electron chi connectivity index (χ1n) is 5.96. The summed E-state index contributed by atoms with van der Waals surface area (Å²) >= 11 is 0. The molecule has 0 aromatic carbocycles. The van der Waals surface area contributed by atoms with Crippen LogP contribution in [0.4, 0.5) is 0 Å². The third-order valence-corrected chi connectivity index (χ3v) is 1.22. The van der Waals surface area contributed by atoms with Crippen LogP contribution in [-0.2, 0) is 36.1 Å². The molecule has 0 aliphatic heterocycles. The van der Waals surface area contributed by atoms with E-state index in [1.165, 1.54) is 41.5 Å². The Labute approximate surface area is 146 Å². The van der Waals surface area contributed by atoms with Gasteiger partial charge in [-0.1, -0.05) is 20.8 Å². The SMILES string of the molecule is CC(=O)/C=C(/C)[O-].CC(=O)/C=C(/C)[O-].CC(=O)/C=C(/C)[O-].[Ti+2]. The minimum absolute atomic E-state index is 0. The van der Waals surface area contributed by atoms with E-state index < -0.39 is 0 Å². The van der Waals surface area contributed by atoms with Gasteiger partial charge in [0, 0.05) is 0 Å². The Morgan fingerprint density at radius 3 is 0.682 bits per heavy atom. The van der Waals surface area contributed by atoms with Crippen LogP contribution in [0.2, 0.25) is 0 Å².